The van der Waals surface area contributed by atoms with Crippen molar-refractivity contribution in [2.75, 3.05) is 0 Å². The number of nitrogens with zero attached hydrogens (tertiary/aromatic N) is 1. The molecule has 0 fully saturated rings. The van der Waals surface area contributed by atoms with Gasteiger partial charge in [0.15, 0.2) is 0 Å². The van der Waals surface area contributed by atoms with Crippen molar-refractivity contribution in [1.82, 2.24) is 4.98 Å². The van der Waals surface area contributed by atoms with E-state index in [1.165, 1.54) is 18.4 Å². The van der Waals surface area contributed by atoms with Crippen molar-refractivity contribution in [2.45, 2.75) is 12.3 Å². The van der Waals surface area contributed by atoms with E-state index in [0.29, 0.717) is 0 Å². The first-order chi connectivity index (χ1) is 8.00. The zero-order valence-corrected chi connectivity index (χ0v) is 8.48. The molecule has 90 valence electrons. The summed E-state index contributed by atoms with van der Waals surface area (Å²) in [5.41, 5.74) is -1.24. The molecule has 2 aromatic rings. The van der Waals surface area contributed by atoms with Crippen LogP contribution in [0.25, 0.3) is 0 Å². The van der Waals surface area contributed by atoms with Gasteiger partial charge in [-0.05, 0) is 18.2 Å². The highest BCUT2D eigenvalue weighted by Crippen LogP contribution is 2.35. The van der Waals surface area contributed by atoms with Gasteiger partial charge in [-0.15, -0.1) is 0 Å². The van der Waals surface area contributed by atoms with Crippen LogP contribution in [0.15, 0.2) is 41.3 Å². The Morgan fingerprint density at radius 2 is 2.06 bits per heavy atom. The molecule has 0 radical (unpaired) electrons. The molecule has 2 heterocycles. The summed E-state index contributed by atoms with van der Waals surface area (Å²) in [4.78, 5) is 3.59. The van der Waals surface area contributed by atoms with Crippen LogP contribution in [0.5, 0.6) is 0 Å². The lowest BCUT2D eigenvalue weighted by Crippen LogP contribution is -2.12. The van der Waals surface area contributed by atoms with Crippen LogP contribution in [-0.4, -0.2) is 10.1 Å². The Labute approximate surface area is 94.5 Å². The summed E-state index contributed by atoms with van der Waals surface area (Å²) in [5.74, 6) is 0.0449. The normalized spacial score (nSPS) is 13.6. The highest BCUT2D eigenvalue weighted by molar-refractivity contribution is 5.32. The van der Waals surface area contributed by atoms with Gasteiger partial charge in [-0.1, -0.05) is 0 Å². The average Bonchev–Trinajstić information content (AvgIpc) is 2.80. The first-order valence-corrected chi connectivity index (χ1v) is 4.72. The smallest absolute Gasteiger partial charge is 0.416 e. The summed E-state index contributed by atoms with van der Waals surface area (Å²) < 4.78 is 42.9. The van der Waals surface area contributed by atoms with Gasteiger partial charge in [-0.25, -0.2) is 0 Å². The number of hydrogen-bond donors (Lipinski definition) is 1. The first-order valence-electron chi connectivity index (χ1n) is 4.72. The number of hydrogen-bond acceptors (Lipinski definition) is 3. The third-order valence-electron chi connectivity index (χ3n) is 2.26. The van der Waals surface area contributed by atoms with Crippen LogP contribution in [0.1, 0.15) is 23.0 Å². The zero-order valence-electron chi connectivity index (χ0n) is 8.48. The molecule has 6 heteroatoms. The van der Waals surface area contributed by atoms with E-state index in [1.807, 2.05) is 0 Å². The molecule has 1 N–H and O–H groups in total. The molecular formula is C11H8F3NO2. The highest BCUT2D eigenvalue weighted by atomic mass is 19.4. The van der Waals surface area contributed by atoms with Gasteiger partial charge in [0.2, 0.25) is 0 Å². The van der Waals surface area contributed by atoms with E-state index in [-0.39, 0.29) is 11.3 Å². The van der Waals surface area contributed by atoms with E-state index in [2.05, 4.69) is 4.98 Å². The number of aliphatic hydroxyl groups excluding tert-OH is 1. The topological polar surface area (TPSA) is 46.3 Å². The maximum atomic E-state index is 12.7. The SMILES string of the molecule is OC(c1ccco1)c1cnccc1C(F)(F)F. The molecule has 0 aliphatic carbocycles. The largest absolute Gasteiger partial charge is 0.466 e. The van der Waals surface area contributed by atoms with Gasteiger partial charge in [-0.2, -0.15) is 13.2 Å². The Bertz CT molecular complexity index is 494. The Balaban J connectivity index is 2.46. The fourth-order valence-corrected chi connectivity index (χ4v) is 1.48. The molecular weight excluding hydrogens is 235 g/mol. The van der Waals surface area contributed by atoms with Crippen LogP contribution in [0.3, 0.4) is 0 Å². The Morgan fingerprint density at radius 1 is 1.29 bits per heavy atom. The number of rotatable bonds is 2. The van der Waals surface area contributed by atoms with E-state index in [4.69, 9.17) is 4.42 Å². The molecule has 1 atom stereocenters. The second kappa shape index (κ2) is 4.21. The summed E-state index contributed by atoms with van der Waals surface area (Å²) in [6.07, 6.45) is -2.72. The highest BCUT2D eigenvalue weighted by Gasteiger charge is 2.35. The van der Waals surface area contributed by atoms with Crippen LogP contribution in [0.4, 0.5) is 13.2 Å². The molecule has 1 unspecified atom stereocenters. The van der Waals surface area contributed by atoms with Crippen LogP contribution in [0, 0.1) is 0 Å². The monoisotopic (exact) mass is 243 g/mol. The maximum absolute atomic E-state index is 12.7. The molecule has 2 rings (SSSR count). The standard InChI is InChI=1S/C11H8F3NO2/c12-11(13,14)8-3-4-15-6-7(8)10(16)9-2-1-5-17-9/h1-6,10,16H. The Kier molecular flexibility index (Phi) is 2.89. The molecule has 3 nitrogen and oxygen atoms in total. The number of aromatic nitrogens is 1. The van der Waals surface area contributed by atoms with Crippen molar-refractivity contribution in [3.63, 3.8) is 0 Å². The van der Waals surface area contributed by atoms with Gasteiger partial charge in [0.1, 0.15) is 11.9 Å². The molecule has 0 aliphatic heterocycles. The zero-order chi connectivity index (χ0) is 12.5. The van der Waals surface area contributed by atoms with E-state index < -0.39 is 17.8 Å². The lowest BCUT2D eigenvalue weighted by molar-refractivity contribution is -0.139. The summed E-state index contributed by atoms with van der Waals surface area (Å²) in [7, 11) is 0. The van der Waals surface area contributed by atoms with Crippen molar-refractivity contribution in [3.05, 3.63) is 53.7 Å². The third kappa shape index (κ3) is 2.31. The first kappa shape index (κ1) is 11.7. The number of furan rings is 1. The third-order valence-corrected chi connectivity index (χ3v) is 2.26. The molecule has 0 spiro atoms. The van der Waals surface area contributed by atoms with E-state index in [0.717, 1.165) is 18.5 Å². The van der Waals surface area contributed by atoms with Crippen LogP contribution < -0.4 is 0 Å². The summed E-state index contributed by atoms with van der Waals surface area (Å²) in [5, 5.41) is 9.79. The number of pyridine rings is 1. The van der Waals surface area contributed by atoms with Crippen LogP contribution in [0.2, 0.25) is 0 Å². The fourth-order valence-electron chi connectivity index (χ4n) is 1.48. The molecule has 0 saturated carbocycles. The van der Waals surface area contributed by atoms with Crippen molar-refractivity contribution in [3.8, 4) is 0 Å². The van der Waals surface area contributed by atoms with Gasteiger partial charge < -0.3 is 9.52 Å². The lowest BCUT2D eigenvalue weighted by Gasteiger charge is -2.15. The van der Waals surface area contributed by atoms with E-state index in [9.17, 15) is 18.3 Å². The van der Waals surface area contributed by atoms with Crippen molar-refractivity contribution >= 4 is 0 Å². The molecule has 0 amide bonds. The predicted octanol–water partition coefficient (Wildman–Crippen LogP) is 2.78. The van der Waals surface area contributed by atoms with Gasteiger partial charge in [0, 0.05) is 18.0 Å². The predicted molar refractivity (Wildman–Crippen MR) is 52.0 cm³/mol. The molecule has 0 aromatic carbocycles. The Morgan fingerprint density at radius 3 is 2.65 bits per heavy atom. The maximum Gasteiger partial charge on any atom is 0.416 e. The minimum Gasteiger partial charge on any atom is -0.466 e. The van der Waals surface area contributed by atoms with Crippen LogP contribution in [-0.2, 0) is 6.18 Å². The van der Waals surface area contributed by atoms with Gasteiger partial charge in [-0.3, -0.25) is 4.98 Å². The quantitative estimate of drug-likeness (QED) is 0.882. The molecule has 17 heavy (non-hydrogen) atoms. The van der Waals surface area contributed by atoms with Crippen molar-refractivity contribution < 1.29 is 22.7 Å². The summed E-state index contributed by atoms with van der Waals surface area (Å²) in [6, 6.07) is 3.71. The molecule has 2 aromatic heterocycles. The summed E-state index contributed by atoms with van der Waals surface area (Å²) in [6.45, 7) is 0. The number of aliphatic hydroxyl groups is 1. The Hall–Kier alpha value is -1.82. The average molecular weight is 243 g/mol. The molecule has 0 saturated heterocycles. The van der Waals surface area contributed by atoms with Crippen molar-refractivity contribution in [1.29, 1.82) is 0 Å². The molecule has 0 bridgehead atoms. The second-order valence-electron chi connectivity index (χ2n) is 3.38. The fraction of sp³-hybridized carbons (Fsp3) is 0.182. The van der Waals surface area contributed by atoms with E-state index >= 15 is 0 Å². The summed E-state index contributed by atoms with van der Waals surface area (Å²) >= 11 is 0. The lowest BCUT2D eigenvalue weighted by atomic mass is 10.0. The van der Waals surface area contributed by atoms with Gasteiger partial charge in [0.05, 0.1) is 11.8 Å². The van der Waals surface area contributed by atoms with Gasteiger partial charge >= 0.3 is 6.18 Å². The minimum absolute atomic E-state index is 0.0449. The minimum atomic E-state index is -4.54. The van der Waals surface area contributed by atoms with Crippen molar-refractivity contribution in [2.24, 2.45) is 0 Å². The van der Waals surface area contributed by atoms with Crippen LogP contribution >= 0.6 is 0 Å². The molecule has 0 aliphatic rings. The van der Waals surface area contributed by atoms with E-state index in [1.54, 1.807) is 0 Å². The number of halogens is 3. The second-order valence-corrected chi connectivity index (χ2v) is 3.38. The number of alkyl halides is 3. The van der Waals surface area contributed by atoms with Gasteiger partial charge in [0.25, 0.3) is 0 Å².